The van der Waals surface area contributed by atoms with E-state index in [0.29, 0.717) is 19.4 Å². The standard InChI is InChI=1S/C20H26O8/c1-11-7-15(27-13(3)22)20(10-25-12(2)21)14(5-4-6-18(20)9-26-18)19(11)8-16(23)28-17(19)24/h11,14-15H,4-10H2,1-3H3/t11-,14-,15+,18+,19-,20+/m1/s1. The summed E-state index contributed by atoms with van der Waals surface area (Å²) in [6, 6.07) is 0. The molecule has 4 aliphatic rings. The van der Waals surface area contributed by atoms with Crippen LogP contribution in [0.3, 0.4) is 0 Å². The van der Waals surface area contributed by atoms with Crippen LogP contribution in [0.15, 0.2) is 0 Å². The Hall–Kier alpha value is -1.96. The highest BCUT2D eigenvalue weighted by Gasteiger charge is 2.78. The normalized spacial score (nSPS) is 44.2. The molecule has 2 aliphatic heterocycles. The first-order chi connectivity index (χ1) is 13.2. The van der Waals surface area contributed by atoms with E-state index in [1.165, 1.54) is 13.8 Å². The number of esters is 4. The number of rotatable bonds is 3. The molecule has 6 atom stereocenters. The lowest BCUT2D eigenvalue weighted by atomic mass is 9.43. The van der Waals surface area contributed by atoms with Gasteiger partial charge in [0.05, 0.1) is 23.9 Å². The van der Waals surface area contributed by atoms with E-state index in [0.717, 1.165) is 12.8 Å². The Bertz CT molecular complexity index is 740. The van der Waals surface area contributed by atoms with Crippen molar-refractivity contribution in [3.8, 4) is 0 Å². The molecule has 8 heteroatoms. The molecule has 0 aromatic carbocycles. The van der Waals surface area contributed by atoms with Gasteiger partial charge in [0.1, 0.15) is 18.3 Å². The van der Waals surface area contributed by atoms with Gasteiger partial charge in [-0.15, -0.1) is 0 Å². The molecule has 4 rings (SSSR count). The number of ether oxygens (including phenoxy) is 4. The molecule has 4 fully saturated rings. The van der Waals surface area contributed by atoms with Crippen LogP contribution in [-0.4, -0.2) is 48.8 Å². The number of hydrogen-bond donors (Lipinski definition) is 0. The van der Waals surface area contributed by atoms with E-state index in [1.807, 2.05) is 6.92 Å². The summed E-state index contributed by atoms with van der Waals surface area (Å²) in [7, 11) is 0. The Morgan fingerprint density at radius 3 is 2.46 bits per heavy atom. The molecule has 2 spiro atoms. The fourth-order valence-electron chi connectivity index (χ4n) is 6.31. The van der Waals surface area contributed by atoms with Crippen molar-refractivity contribution in [2.45, 2.75) is 64.6 Å². The zero-order valence-electron chi connectivity index (χ0n) is 16.4. The van der Waals surface area contributed by atoms with Crippen LogP contribution in [0.5, 0.6) is 0 Å². The van der Waals surface area contributed by atoms with E-state index < -0.39 is 46.4 Å². The van der Waals surface area contributed by atoms with Crippen LogP contribution in [0.4, 0.5) is 0 Å². The summed E-state index contributed by atoms with van der Waals surface area (Å²) in [5, 5.41) is 0. The van der Waals surface area contributed by atoms with Crippen LogP contribution < -0.4 is 0 Å². The van der Waals surface area contributed by atoms with Crippen LogP contribution in [-0.2, 0) is 38.1 Å². The quantitative estimate of drug-likeness (QED) is 0.307. The highest BCUT2D eigenvalue weighted by Crippen LogP contribution is 2.70. The third kappa shape index (κ3) is 2.46. The van der Waals surface area contributed by atoms with E-state index in [1.54, 1.807) is 0 Å². The van der Waals surface area contributed by atoms with Gasteiger partial charge >= 0.3 is 23.9 Å². The van der Waals surface area contributed by atoms with Crippen molar-refractivity contribution in [1.29, 1.82) is 0 Å². The van der Waals surface area contributed by atoms with Crippen molar-refractivity contribution >= 4 is 23.9 Å². The molecule has 0 bridgehead atoms. The van der Waals surface area contributed by atoms with Crippen LogP contribution in [0.1, 0.15) is 52.9 Å². The first-order valence-corrected chi connectivity index (χ1v) is 9.87. The Morgan fingerprint density at radius 2 is 1.93 bits per heavy atom. The van der Waals surface area contributed by atoms with Gasteiger partial charge in [0, 0.05) is 13.8 Å². The molecule has 0 aromatic heterocycles. The molecule has 154 valence electrons. The lowest BCUT2D eigenvalue weighted by Crippen LogP contribution is -2.68. The Labute approximate surface area is 163 Å². The third-order valence-corrected chi connectivity index (χ3v) is 7.53. The second kappa shape index (κ2) is 6.27. The van der Waals surface area contributed by atoms with Gasteiger partial charge in [0.2, 0.25) is 0 Å². The van der Waals surface area contributed by atoms with Crippen molar-refractivity contribution < 1.29 is 38.1 Å². The zero-order chi connectivity index (χ0) is 20.3. The summed E-state index contributed by atoms with van der Waals surface area (Å²) in [6.45, 7) is 5.02. The van der Waals surface area contributed by atoms with Gasteiger partial charge in [0.25, 0.3) is 0 Å². The summed E-state index contributed by atoms with van der Waals surface area (Å²) >= 11 is 0. The van der Waals surface area contributed by atoms with E-state index >= 15 is 0 Å². The molecule has 2 saturated carbocycles. The minimum atomic E-state index is -1.01. The summed E-state index contributed by atoms with van der Waals surface area (Å²) in [6.07, 6.45) is 2.01. The number of cyclic esters (lactones) is 2. The second-order valence-electron chi connectivity index (χ2n) is 8.76. The van der Waals surface area contributed by atoms with Crippen molar-refractivity contribution in [2.75, 3.05) is 13.2 Å². The van der Waals surface area contributed by atoms with Gasteiger partial charge in [0.15, 0.2) is 0 Å². The Kier molecular flexibility index (Phi) is 4.34. The lowest BCUT2D eigenvalue weighted by molar-refractivity contribution is -0.228. The van der Waals surface area contributed by atoms with Crippen molar-refractivity contribution in [3.63, 3.8) is 0 Å². The van der Waals surface area contributed by atoms with E-state index in [4.69, 9.17) is 18.9 Å². The lowest BCUT2D eigenvalue weighted by Gasteiger charge is -2.60. The summed E-state index contributed by atoms with van der Waals surface area (Å²) < 4.78 is 22.2. The van der Waals surface area contributed by atoms with Gasteiger partial charge in [-0.3, -0.25) is 19.2 Å². The maximum absolute atomic E-state index is 13.0. The van der Waals surface area contributed by atoms with E-state index in [2.05, 4.69) is 0 Å². The topological polar surface area (TPSA) is 108 Å². The highest BCUT2D eigenvalue weighted by atomic mass is 16.6. The molecule has 2 heterocycles. The Balaban J connectivity index is 1.87. The van der Waals surface area contributed by atoms with Gasteiger partial charge in [-0.25, -0.2) is 0 Å². The molecule has 2 saturated heterocycles. The van der Waals surface area contributed by atoms with Crippen LogP contribution in [0.25, 0.3) is 0 Å². The first kappa shape index (κ1) is 19.4. The smallest absolute Gasteiger partial charge is 0.320 e. The molecule has 0 radical (unpaired) electrons. The fourth-order valence-corrected chi connectivity index (χ4v) is 6.31. The first-order valence-electron chi connectivity index (χ1n) is 9.87. The van der Waals surface area contributed by atoms with Crippen LogP contribution in [0.2, 0.25) is 0 Å². The monoisotopic (exact) mass is 394 g/mol. The molecular weight excluding hydrogens is 368 g/mol. The number of carbonyl (C=O) groups is 4. The summed E-state index contributed by atoms with van der Waals surface area (Å²) in [4.78, 5) is 48.7. The van der Waals surface area contributed by atoms with Gasteiger partial charge < -0.3 is 18.9 Å². The van der Waals surface area contributed by atoms with Crippen LogP contribution >= 0.6 is 0 Å². The maximum Gasteiger partial charge on any atom is 0.320 e. The van der Waals surface area contributed by atoms with E-state index in [9.17, 15) is 19.2 Å². The van der Waals surface area contributed by atoms with Gasteiger partial charge in [-0.05, 0) is 31.1 Å². The maximum atomic E-state index is 13.0. The minimum Gasteiger partial charge on any atom is -0.465 e. The number of carbonyl (C=O) groups excluding carboxylic acids is 4. The molecular formula is C20H26O8. The fraction of sp³-hybridized carbons (Fsp3) is 0.800. The number of hydrogen-bond acceptors (Lipinski definition) is 8. The second-order valence-corrected chi connectivity index (χ2v) is 8.76. The average Bonchev–Trinajstić information content (AvgIpc) is 3.30. The molecule has 0 unspecified atom stereocenters. The highest BCUT2D eigenvalue weighted by molar-refractivity contribution is 5.98. The largest absolute Gasteiger partial charge is 0.465 e. The molecule has 28 heavy (non-hydrogen) atoms. The minimum absolute atomic E-state index is 0.00234. The zero-order valence-corrected chi connectivity index (χ0v) is 16.4. The molecule has 8 nitrogen and oxygen atoms in total. The molecule has 2 aliphatic carbocycles. The molecule has 0 amide bonds. The Morgan fingerprint density at radius 1 is 1.21 bits per heavy atom. The number of fused-ring (bicyclic) bond motifs is 3. The van der Waals surface area contributed by atoms with E-state index in [-0.39, 0.29) is 24.9 Å². The van der Waals surface area contributed by atoms with Gasteiger partial charge in [-0.1, -0.05) is 13.3 Å². The van der Waals surface area contributed by atoms with Gasteiger partial charge in [-0.2, -0.15) is 0 Å². The SMILES string of the molecule is CC(=O)OC[C@@]12[C@@H](OC(C)=O)C[C@@H](C)[C@]3(CC(=O)OC3=O)[C@H]1CCC[C@]21CO1. The van der Waals surface area contributed by atoms with Crippen molar-refractivity contribution in [3.05, 3.63) is 0 Å². The summed E-state index contributed by atoms with van der Waals surface area (Å²) in [5.74, 6) is -2.49. The third-order valence-electron chi connectivity index (χ3n) is 7.53. The van der Waals surface area contributed by atoms with Crippen molar-refractivity contribution in [1.82, 2.24) is 0 Å². The average molecular weight is 394 g/mol. The summed E-state index contributed by atoms with van der Waals surface area (Å²) in [5.41, 5.74) is -2.50. The van der Waals surface area contributed by atoms with Crippen LogP contribution in [0, 0.1) is 22.7 Å². The predicted octanol–water partition coefficient (Wildman–Crippen LogP) is 1.54. The predicted molar refractivity (Wildman–Crippen MR) is 92.6 cm³/mol. The molecule has 0 aromatic rings. The number of epoxide rings is 1. The van der Waals surface area contributed by atoms with Crippen molar-refractivity contribution in [2.24, 2.45) is 22.7 Å². The molecule has 0 N–H and O–H groups in total.